The van der Waals surface area contributed by atoms with E-state index in [1.165, 1.54) is 32.1 Å². The Hall–Kier alpha value is -1.06. The first-order valence-electron chi connectivity index (χ1n) is 8.05. The lowest BCUT2D eigenvalue weighted by Gasteiger charge is -2.32. The molecule has 1 saturated heterocycles. The topological polar surface area (TPSA) is 58.2 Å². The molecule has 2 amide bonds. The van der Waals surface area contributed by atoms with Crippen molar-refractivity contribution in [2.75, 3.05) is 13.1 Å². The summed E-state index contributed by atoms with van der Waals surface area (Å²) in [6.07, 6.45) is 7.45. The molecule has 1 atom stereocenters. The van der Waals surface area contributed by atoms with E-state index in [-0.39, 0.29) is 17.7 Å². The van der Waals surface area contributed by atoms with Gasteiger partial charge in [0.25, 0.3) is 0 Å². The molecule has 1 unspecified atom stereocenters. The van der Waals surface area contributed by atoms with Crippen molar-refractivity contribution in [2.24, 2.45) is 17.3 Å². The van der Waals surface area contributed by atoms with Crippen LogP contribution in [0.3, 0.4) is 0 Å². The molecule has 0 aromatic heterocycles. The molecule has 4 nitrogen and oxygen atoms in total. The predicted molar refractivity (Wildman–Crippen MR) is 79.1 cm³/mol. The normalized spacial score (nSPS) is 25.6. The third kappa shape index (κ3) is 3.97. The minimum Gasteiger partial charge on any atom is -0.355 e. The Morgan fingerprint density at radius 1 is 1.40 bits per heavy atom. The summed E-state index contributed by atoms with van der Waals surface area (Å²) in [6, 6.07) is 0. The van der Waals surface area contributed by atoms with Crippen molar-refractivity contribution in [3.63, 3.8) is 0 Å². The molecule has 2 N–H and O–H groups in total. The van der Waals surface area contributed by atoms with Gasteiger partial charge in [0.05, 0.1) is 5.92 Å². The minimum absolute atomic E-state index is 0.0368. The van der Waals surface area contributed by atoms with Crippen LogP contribution in [0.25, 0.3) is 0 Å². The van der Waals surface area contributed by atoms with Gasteiger partial charge in [-0.1, -0.05) is 26.7 Å². The quantitative estimate of drug-likeness (QED) is 0.811. The van der Waals surface area contributed by atoms with Crippen LogP contribution in [0.2, 0.25) is 0 Å². The molecule has 1 aliphatic carbocycles. The van der Waals surface area contributed by atoms with Crippen LogP contribution >= 0.6 is 0 Å². The summed E-state index contributed by atoms with van der Waals surface area (Å²) < 4.78 is 0. The lowest BCUT2D eigenvalue weighted by molar-refractivity contribution is -0.129. The molecule has 0 spiro atoms. The van der Waals surface area contributed by atoms with Gasteiger partial charge in [-0.3, -0.25) is 9.59 Å². The van der Waals surface area contributed by atoms with Crippen LogP contribution in [0.15, 0.2) is 0 Å². The maximum atomic E-state index is 12.2. The van der Waals surface area contributed by atoms with E-state index < -0.39 is 0 Å². The number of piperidine rings is 1. The van der Waals surface area contributed by atoms with E-state index in [1.807, 2.05) is 0 Å². The van der Waals surface area contributed by atoms with E-state index in [0.717, 1.165) is 6.54 Å². The van der Waals surface area contributed by atoms with Gasteiger partial charge in [-0.25, -0.2) is 0 Å². The Balaban J connectivity index is 1.83. The van der Waals surface area contributed by atoms with E-state index in [2.05, 4.69) is 24.5 Å². The first kappa shape index (κ1) is 15.3. The number of carbonyl (C=O) groups is 2. The third-order valence-corrected chi connectivity index (χ3v) is 4.78. The van der Waals surface area contributed by atoms with Gasteiger partial charge in [0.2, 0.25) is 11.8 Å². The van der Waals surface area contributed by atoms with Gasteiger partial charge in [-0.05, 0) is 37.0 Å². The Labute approximate surface area is 122 Å². The fourth-order valence-corrected chi connectivity index (χ4v) is 3.82. The summed E-state index contributed by atoms with van der Waals surface area (Å²) in [5, 5.41) is 5.95. The van der Waals surface area contributed by atoms with Gasteiger partial charge in [-0.15, -0.1) is 0 Å². The molecule has 1 heterocycles. The Morgan fingerprint density at radius 2 is 2.10 bits per heavy atom. The van der Waals surface area contributed by atoms with E-state index in [4.69, 9.17) is 0 Å². The molecule has 0 radical (unpaired) electrons. The summed E-state index contributed by atoms with van der Waals surface area (Å²) in [7, 11) is 0. The predicted octanol–water partition coefficient (Wildman–Crippen LogP) is 2.24. The van der Waals surface area contributed by atoms with Crippen molar-refractivity contribution in [1.82, 2.24) is 10.6 Å². The fraction of sp³-hybridized carbons (Fsp3) is 0.875. The molecule has 0 aromatic rings. The zero-order valence-corrected chi connectivity index (χ0v) is 12.8. The number of nitrogens with one attached hydrogen (secondary N) is 2. The summed E-state index contributed by atoms with van der Waals surface area (Å²) in [4.78, 5) is 23.4. The van der Waals surface area contributed by atoms with Crippen LogP contribution in [-0.4, -0.2) is 24.9 Å². The Kier molecular flexibility index (Phi) is 5.06. The second kappa shape index (κ2) is 6.59. The Bertz CT molecular complexity index is 349. The highest BCUT2D eigenvalue weighted by molar-refractivity contribution is 5.83. The van der Waals surface area contributed by atoms with Crippen molar-refractivity contribution < 1.29 is 9.59 Å². The zero-order chi connectivity index (χ0) is 14.6. The lowest BCUT2D eigenvalue weighted by Crippen LogP contribution is -2.45. The highest BCUT2D eigenvalue weighted by atomic mass is 16.2. The molecule has 4 heteroatoms. The number of amides is 2. The lowest BCUT2D eigenvalue weighted by atomic mass is 9.78. The molecule has 0 bridgehead atoms. The third-order valence-electron chi connectivity index (χ3n) is 4.78. The van der Waals surface area contributed by atoms with Crippen molar-refractivity contribution in [1.29, 1.82) is 0 Å². The second-order valence-electron chi connectivity index (χ2n) is 7.06. The monoisotopic (exact) mass is 280 g/mol. The molecule has 2 aliphatic rings. The number of rotatable bonds is 5. The van der Waals surface area contributed by atoms with Crippen LogP contribution < -0.4 is 10.6 Å². The van der Waals surface area contributed by atoms with E-state index in [9.17, 15) is 9.59 Å². The van der Waals surface area contributed by atoms with Crippen LogP contribution in [-0.2, 0) is 9.59 Å². The summed E-state index contributed by atoms with van der Waals surface area (Å²) in [5.74, 6) is 0.838. The first-order valence-corrected chi connectivity index (χ1v) is 8.05. The van der Waals surface area contributed by atoms with Gasteiger partial charge in [0.1, 0.15) is 0 Å². The molecule has 114 valence electrons. The average Bonchev–Trinajstić information content (AvgIpc) is 2.85. The van der Waals surface area contributed by atoms with Crippen molar-refractivity contribution in [3.8, 4) is 0 Å². The SMILES string of the molecule is CC(C)CC1(CNC(=O)C2CCC(=O)NC2)CCCC1. The molecule has 2 rings (SSSR count). The number of carbonyl (C=O) groups excluding carboxylic acids is 2. The van der Waals surface area contributed by atoms with Crippen molar-refractivity contribution in [3.05, 3.63) is 0 Å². The maximum Gasteiger partial charge on any atom is 0.224 e. The van der Waals surface area contributed by atoms with E-state index in [1.54, 1.807) is 0 Å². The standard InChI is InChI=1S/C16H28N2O2/c1-12(2)9-16(7-3-4-8-16)11-18-15(20)13-5-6-14(19)17-10-13/h12-13H,3-11H2,1-2H3,(H,17,19)(H,18,20). The van der Waals surface area contributed by atoms with Gasteiger partial charge in [0, 0.05) is 19.5 Å². The Morgan fingerprint density at radius 3 is 2.65 bits per heavy atom. The van der Waals surface area contributed by atoms with Gasteiger partial charge in [-0.2, -0.15) is 0 Å². The molecule has 2 fully saturated rings. The van der Waals surface area contributed by atoms with Gasteiger partial charge < -0.3 is 10.6 Å². The minimum atomic E-state index is -0.0368. The zero-order valence-electron chi connectivity index (χ0n) is 12.8. The van der Waals surface area contributed by atoms with Crippen molar-refractivity contribution in [2.45, 2.75) is 58.8 Å². The van der Waals surface area contributed by atoms with Crippen molar-refractivity contribution >= 4 is 11.8 Å². The molecular weight excluding hydrogens is 252 g/mol. The first-order chi connectivity index (χ1) is 9.51. The average molecular weight is 280 g/mol. The van der Waals surface area contributed by atoms with Crippen LogP contribution in [0.5, 0.6) is 0 Å². The van der Waals surface area contributed by atoms with Crippen LogP contribution in [0, 0.1) is 17.3 Å². The van der Waals surface area contributed by atoms with E-state index >= 15 is 0 Å². The smallest absolute Gasteiger partial charge is 0.224 e. The van der Waals surface area contributed by atoms with E-state index in [0.29, 0.717) is 30.7 Å². The largest absolute Gasteiger partial charge is 0.355 e. The molecule has 1 saturated carbocycles. The maximum absolute atomic E-state index is 12.2. The highest BCUT2D eigenvalue weighted by Gasteiger charge is 2.35. The van der Waals surface area contributed by atoms with Gasteiger partial charge in [0.15, 0.2) is 0 Å². The molecule has 0 aromatic carbocycles. The molecule has 20 heavy (non-hydrogen) atoms. The highest BCUT2D eigenvalue weighted by Crippen LogP contribution is 2.42. The van der Waals surface area contributed by atoms with Crippen LogP contribution in [0.4, 0.5) is 0 Å². The summed E-state index contributed by atoms with van der Waals surface area (Å²) in [5.41, 5.74) is 0.321. The summed E-state index contributed by atoms with van der Waals surface area (Å²) >= 11 is 0. The summed E-state index contributed by atoms with van der Waals surface area (Å²) in [6.45, 7) is 5.84. The van der Waals surface area contributed by atoms with Crippen LogP contribution in [0.1, 0.15) is 58.8 Å². The number of hydrogen-bond donors (Lipinski definition) is 2. The second-order valence-corrected chi connectivity index (χ2v) is 7.06. The fourth-order valence-electron chi connectivity index (χ4n) is 3.82. The molecular formula is C16H28N2O2. The number of hydrogen-bond acceptors (Lipinski definition) is 2. The van der Waals surface area contributed by atoms with Gasteiger partial charge >= 0.3 is 0 Å². The molecule has 1 aliphatic heterocycles.